The molecule has 1 heterocycles. The van der Waals surface area contributed by atoms with Crippen LogP contribution >= 0.6 is 34.2 Å². The van der Waals surface area contributed by atoms with Gasteiger partial charge in [0.15, 0.2) is 11.5 Å². The van der Waals surface area contributed by atoms with Gasteiger partial charge < -0.3 is 9.47 Å². The van der Waals surface area contributed by atoms with E-state index < -0.39 is 0 Å². The minimum absolute atomic E-state index is 0.326. The second-order valence-electron chi connectivity index (χ2n) is 8.82. The van der Waals surface area contributed by atoms with Crippen molar-refractivity contribution in [1.29, 1.82) is 0 Å². The summed E-state index contributed by atoms with van der Waals surface area (Å²) in [5.41, 5.74) is 7.27. The number of hydrazone groups is 1. The Hall–Kier alpha value is -3.95. The lowest BCUT2D eigenvalue weighted by atomic mass is 10.0. The highest BCUT2D eigenvalue weighted by atomic mass is 127. The van der Waals surface area contributed by atoms with E-state index in [4.69, 9.17) is 26.1 Å². The molecule has 200 valence electrons. The van der Waals surface area contributed by atoms with Gasteiger partial charge in [-0.25, -0.2) is 10.4 Å². The molecule has 0 atom stereocenters. The number of halogens is 2. The number of nitrogens with one attached hydrogen (secondary N) is 1. The average Bonchev–Trinajstić information content (AvgIpc) is 2.97. The van der Waals surface area contributed by atoms with Crippen molar-refractivity contribution in [3.63, 3.8) is 0 Å². The molecule has 0 saturated carbocycles. The molecule has 0 aliphatic carbocycles. The first-order chi connectivity index (χ1) is 19.5. The Morgan fingerprint density at radius 1 is 0.975 bits per heavy atom. The first kappa shape index (κ1) is 27.6. The van der Waals surface area contributed by atoms with Gasteiger partial charge in [0.2, 0.25) is 0 Å². The maximum Gasteiger partial charge on any atom is 0.272 e. The topological polar surface area (TPSA) is 72.8 Å². The van der Waals surface area contributed by atoms with Crippen LogP contribution in [0.25, 0.3) is 22.2 Å². The lowest BCUT2D eigenvalue weighted by molar-refractivity contribution is 0.0956. The fourth-order valence-electron chi connectivity index (χ4n) is 4.19. The van der Waals surface area contributed by atoms with Gasteiger partial charge in [-0.3, -0.25) is 4.79 Å². The largest absolute Gasteiger partial charge is 0.490 e. The van der Waals surface area contributed by atoms with Crippen LogP contribution in [0.2, 0.25) is 5.02 Å². The third kappa shape index (κ3) is 6.60. The van der Waals surface area contributed by atoms with Crippen LogP contribution in [0.15, 0.2) is 102 Å². The minimum Gasteiger partial charge on any atom is -0.490 e. The number of rotatable bonds is 9. The summed E-state index contributed by atoms with van der Waals surface area (Å²) in [4.78, 5) is 18.0. The summed E-state index contributed by atoms with van der Waals surface area (Å²) in [7, 11) is 0. The predicted octanol–water partition coefficient (Wildman–Crippen LogP) is 7.90. The van der Waals surface area contributed by atoms with Crippen molar-refractivity contribution < 1.29 is 14.3 Å². The Balaban J connectivity index is 1.36. The highest BCUT2D eigenvalue weighted by Crippen LogP contribution is 2.34. The summed E-state index contributed by atoms with van der Waals surface area (Å²) in [5.74, 6) is 0.908. The van der Waals surface area contributed by atoms with Crippen molar-refractivity contribution in [1.82, 2.24) is 10.4 Å². The number of ether oxygens (including phenoxy) is 2. The molecule has 4 aromatic carbocycles. The Kier molecular flexibility index (Phi) is 8.93. The van der Waals surface area contributed by atoms with Gasteiger partial charge in [0.25, 0.3) is 5.91 Å². The fraction of sp³-hybridized carbons (Fsp3) is 0.0938. The van der Waals surface area contributed by atoms with Crippen molar-refractivity contribution in [2.24, 2.45) is 5.10 Å². The molecule has 0 bridgehead atoms. The zero-order chi connectivity index (χ0) is 27.9. The molecular weight excluding hydrogens is 637 g/mol. The van der Waals surface area contributed by atoms with Crippen LogP contribution in [-0.2, 0) is 6.61 Å². The van der Waals surface area contributed by atoms with Crippen molar-refractivity contribution in [2.45, 2.75) is 13.5 Å². The standard InChI is InChI=1S/C32H25ClIN3O3/c1-2-39-30-17-22(16-27(34)31(30)40-20-21-9-8-12-24(33)15-21)19-35-37-32(38)26-18-29(23-10-4-3-5-11-23)36-28-14-7-6-13-25(26)28/h3-19H,2,20H2,1H3,(H,37,38)/b35-19-. The molecule has 0 radical (unpaired) electrons. The van der Waals surface area contributed by atoms with Crippen LogP contribution < -0.4 is 14.9 Å². The van der Waals surface area contributed by atoms with Gasteiger partial charge in [-0.05, 0) is 77.0 Å². The molecular formula is C32H25ClIN3O3. The number of hydrogen-bond acceptors (Lipinski definition) is 5. The number of aromatic nitrogens is 1. The number of hydrogen-bond donors (Lipinski definition) is 1. The predicted molar refractivity (Wildman–Crippen MR) is 168 cm³/mol. The normalized spacial score (nSPS) is 11.1. The third-order valence-corrected chi connectivity index (χ3v) is 7.05. The minimum atomic E-state index is -0.326. The van der Waals surface area contributed by atoms with E-state index in [0.717, 1.165) is 36.9 Å². The molecule has 0 aliphatic heterocycles. The molecule has 40 heavy (non-hydrogen) atoms. The van der Waals surface area contributed by atoms with Crippen molar-refractivity contribution >= 4 is 57.2 Å². The number of carbonyl (C=O) groups excluding carboxylic acids is 1. The van der Waals surface area contributed by atoms with E-state index in [0.29, 0.717) is 35.3 Å². The fourth-order valence-corrected chi connectivity index (χ4v) is 5.19. The highest BCUT2D eigenvalue weighted by Gasteiger charge is 2.15. The van der Waals surface area contributed by atoms with Crippen LogP contribution in [-0.4, -0.2) is 23.7 Å². The number of benzene rings is 4. The molecule has 0 saturated heterocycles. The van der Waals surface area contributed by atoms with Crippen molar-refractivity contribution in [3.05, 3.63) is 122 Å². The number of para-hydroxylation sites is 1. The van der Waals surface area contributed by atoms with E-state index in [-0.39, 0.29) is 5.91 Å². The molecule has 1 N–H and O–H groups in total. The van der Waals surface area contributed by atoms with Gasteiger partial charge in [0.05, 0.1) is 33.2 Å². The smallest absolute Gasteiger partial charge is 0.272 e. The quantitative estimate of drug-likeness (QED) is 0.0991. The maximum atomic E-state index is 13.3. The van der Waals surface area contributed by atoms with E-state index in [9.17, 15) is 4.79 Å². The average molecular weight is 662 g/mol. The number of pyridine rings is 1. The Labute approximate surface area is 251 Å². The van der Waals surface area contributed by atoms with Gasteiger partial charge in [0.1, 0.15) is 6.61 Å². The molecule has 0 spiro atoms. The number of nitrogens with zero attached hydrogens (tertiary/aromatic N) is 2. The van der Waals surface area contributed by atoms with Crippen LogP contribution in [0.5, 0.6) is 11.5 Å². The van der Waals surface area contributed by atoms with E-state index in [2.05, 4.69) is 33.1 Å². The highest BCUT2D eigenvalue weighted by molar-refractivity contribution is 14.1. The summed E-state index contributed by atoms with van der Waals surface area (Å²) in [6.45, 7) is 2.74. The Bertz CT molecular complexity index is 1690. The third-order valence-electron chi connectivity index (χ3n) is 6.01. The molecule has 6 nitrogen and oxygen atoms in total. The molecule has 0 fully saturated rings. The van der Waals surface area contributed by atoms with Crippen LogP contribution in [0.4, 0.5) is 0 Å². The number of amides is 1. The summed E-state index contributed by atoms with van der Waals surface area (Å²) in [6, 6.07) is 30.4. The van der Waals surface area contributed by atoms with Crippen LogP contribution in [0.1, 0.15) is 28.4 Å². The zero-order valence-electron chi connectivity index (χ0n) is 21.6. The molecule has 5 aromatic rings. The summed E-state index contributed by atoms with van der Waals surface area (Å²) >= 11 is 8.31. The van der Waals surface area contributed by atoms with Crippen LogP contribution in [0.3, 0.4) is 0 Å². The van der Waals surface area contributed by atoms with E-state index in [1.807, 2.05) is 97.9 Å². The van der Waals surface area contributed by atoms with Gasteiger partial charge in [-0.1, -0.05) is 72.3 Å². The molecule has 1 aromatic heterocycles. The first-order valence-electron chi connectivity index (χ1n) is 12.6. The molecule has 1 amide bonds. The monoisotopic (exact) mass is 661 g/mol. The van der Waals surface area contributed by atoms with E-state index in [1.165, 1.54) is 0 Å². The van der Waals surface area contributed by atoms with E-state index >= 15 is 0 Å². The first-order valence-corrected chi connectivity index (χ1v) is 14.1. The Morgan fingerprint density at radius 3 is 2.58 bits per heavy atom. The van der Waals surface area contributed by atoms with Crippen molar-refractivity contribution in [2.75, 3.05) is 6.61 Å². The summed E-state index contributed by atoms with van der Waals surface area (Å²) < 4.78 is 12.8. The van der Waals surface area contributed by atoms with Gasteiger partial charge >= 0.3 is 0 Å². The van der Waals surface area contributed by atoms with Gasteiger partial charge in [-0.15, -0.1) is 0 Å². The lowest BCUT2D eigenvalue weighted by Gasteiger charge is -2.15. The molecule has 0 unspecified atom stereocenters. The zero-order valence-corrected chi connectivity index (χ0v) is 24.5. The van der Waals surface area contributed by atoms with Gasteiger partial charge in [-0.2, -0.15) is 5.10 Å². The van der Waals surface area contributed by atoms with E-state index in [1.54, 1.807) is 12.3 Å². The summed E-state index contributed by atoms with van der Waals surface area (Å²) in [5, 5.41) is 5.65. The Morgan fingerprint density at radius 2 is 1.77 bits per heavy atom. The molecule has 5 rings (SSSR count). The van der Waals surface area contributed by atoms with Crippen LogP contribution in [0, 0.1) is 3.57 Å². The molecule has 8 heteroatoms. The SMILES string of the molecule is CCOc1cc(/C=N\NC(=O)c2cc(-c3ccccc3)nc3ccccc23)cc(I)c1OCc1cccc(Cl)c1. The second-order valence-corrected chi connectivity index (χ2v) is 10.4. The number of carbonyl (C=O) groups is 1. The van der Waals surface area contributed by atoms with Crippen molar-refractivity contribution in [3.8, 4) is 22.8 Å². The lowest BCUT2D eigenvalue weighted by Crippen LogP contribution is -2.18. The maximum absolute atomic E-state index is 13.3. The summed E-state index contributed by atoms with van der Waals surface area (Å²) in [6.07, 6.45) is 1.59. The second kappa shape index (κ2) is 12.9. The number of fused-ring (bicyclic) bond motifs is 1. The molecule has 0 aliphatic rings. The van der Waals surface area contributed by atoms with Gasteiger partial charge in [0, 0.05) is 16.0 Å².